The van der Waals surface area contributed by atoms with Gasteiger partial charge in [-0.1, -0.05) is 6.07 Å². The minimum absolute atomic E-state index is 0.533. The van der Waals surface area contributed by atoms with Crippen LogP contribution >= 0.6 is 0 Å². The predicted octanol–water partition coefficient (Wildman–Crippen LogP) is 3.26. The molecule has 1 aliphatic heterocycles. The highest BCUT2D eigenvalue weighted by Gasteiger charge is 2.19. The number of hydrogen-bond acceptors (Lipinski definition) is 3. The number of aryl methyl sites for hydroxylation is 1. The molecule has 0 amide bonds. The van der Waals surface area contributed by atoms with Crippen LogP contribution < -0.4 is 0 Å². The minimum atomic E-state index is 0.533. The van der Waals surface area contributed by atoms with Gasteiger partial charge in [-0.3, -0.25) is 9.88 Å². The smallest absolute Gasteiger partial charge is 0.0593 e. The van der Waals surface area contributed by atoms with E-state index in [9.17, 15) is 0 Å². The molecule has 0 saturated carbocycles. The maximum absolute atomic E-state index is 5.88. The van der Waals surface area contributed by atoms with E-state index in [1.54, 1.807) is 0 Å². The van der Waals surface area contributed by atoms with Crippen LogP contribution in [0.4, 0.5) is 0 Å². The first-order chi connectivity index (χ1) is 12.3. The molecule has 0 aliphatic carbocycles. The van der Waals surface area contributed by atoms with Gasteiger partial charge in [0.25, 0.3) is 0 Å². The van der Waals surface area contributed by atoms with Crippen molar-refractivity contribution in [3.8, 4) is 0 Å². The van der Waals surface area contributed by atoms with E-state index in [0.717, 1.165) is 39.3 Å². The predicted molar refractivity (Wildman–Crippen MR) is 100 cm³/mol. The average Bonchev–Trinajstić information content (AvgIpc) is 2.85. The summed E-state index contributed by atoms with van der Waals surface area (Å²) < 4.78 is 8.05. The van der Waals surface area contributed by atoms with Crippen molar-refractivity contribution in [2.45, 2.75) is 13.0 Å². The lowest BCUT2D eigenvalue weighted by molar-refractivity contribution is 0.121. The Morgan fingerprint density at radius 2 is 2.00 bits per heavy atom. The van der Waals surface area contributed by atoms with Gasteiger partial charge in [-0.2, -0.15) is 0 Å². The molecule has 4 nitrogen and oxygen atoms in total. The second-order valence-corrected chi connectivity index (χ2v) is 7.06. The quantitative estimate of drug-likeness (QED) is 0.733. The van der Waals surface area contributed by atoms with E-state index in [0.29, 0.717) is 5.92 Å². The number of fused-ring (bicyclic) bond motifs is 1. The van der Waals surface area contributed by atoms with Gasteiger partial charge in [0.1, 0.15) is 0 Å². The molecule has 4 rings (SSSR count). The summed E-state index contributed by atoms with van der Waals surface area (Å²) in [7, 11) is 2.10. The maximum Gasteiger partial charge on any atom is 0.0593 e. The van der Waals surface area contributed by atoms with Crippen molar-refractivity contribution in [1.82, 2.24) is 14.5 Å². The number of ether oxygens (including phenoxy) is 1. The first-order valence-corrected chi connectivity index (χ1v) is 9.01. The lowest BCUT2D eigenvalue weighted by atomic mass is 9.98. The highest BCUT2D eigenvalue weighted by molar-refractivity contribution is 5.80. The van der Waals surface area contributed by atoms with Crippen LogP contribution in [0, 0.1) is 5.92 Å². The lowest BCUT2D eigenvalue weighted by Gasteiger charge is -2.23. The Hall–Kier alpha value is -2.17. The van der Waals surface area contributed by atoms with Crippen LogP contribution in [0.1, 0.15) is 11.1 Å². The summed E-state index contributed by atoms with van der Waals surface area (Å²) in [5, 5.41) is 1.32. The molecule has 130 valence electrons. The maximum atomic E-state index is 5.88. The van der Waals surface area contributed by atoms with Gasteiger partial charge >= 0.3 is 0 Å². The van der Waals surface area contributed by atoms with Crippen molar-refractivity contribution in [2.24, 2.45) is 13.0 Å². The van der Waals surface area contributed by atoms with Gasteiger partial charge in [-0.05, 0) is 59.2 Å². The standard InChI is InChI=1S/C21H25N3O/c1-23-9-6-20-13-18(2-3-21(20)23)12-19-15-24(10-11-25-16-19)14-17-4-7-22-8-5-17/h2-9,13,19H,10-12,14-16H2,1H3. The van der Waals surface area contributed by atoms with Gasteiger partial charge in [0.15, 0.2) is 0 Å². The van der Waals surface area contributed by atoms with Gasteiger partial charge in [0.05, 0.1) is 13.2 Å². The first-order valence-electron chi connectivity index (χ1n) is 9.01. The zero-order valence-electron chi connectivity index (χ0n) is 14.8. The summed E-state index contributed by atoms with van der Waals surface area (Å²) in [5.41, 5.74) is 4.01. The van der Waals surface area contributed by atoms with E-state index in [-0.39, 0.29) is 0 Å². The molecule has 3 aromatic rings. The molecule has 3 heterocycles. The third-order valence-corrected chi connectivity index (χ3v) is 5.05. The molecular weight excluding hydrogens is 310 g/mol. The molecule has 25 heavy (non-hydrogen) atoms. The molecule has 1 aromatic carbocycles. The molecule has 2 aromatic heterocycles. The lowest BCUT2D eigenvalue weighted by Crippen LogP contribution is -2.30. The van der Waals surface area contributed by atoms with Crippen LogP contribution in [-0.2, 0) is 24.8 Å². The molecule has 0 radical (unpaired) electrons. The minimum Gasteiger partial charge on any atom is -0.380 e. The van der Waals surface area contributed by atoms with E-state index in [4.69, 9.17) is 4.74 Å². The zero-order chi connectivity index (χ0) is 17.1. The van der Waals surface area contributed by atoms with E-state index in [1.807, 2.05) is 12.4 Å². The van der Waals surface area contributed by atoms with Crippen molar-refractivity contribution < 1.29 is 4.74 Å². The van der Waals surface area contributed by atoms with E-state index < -0.39 is 0 Å². The molecule has 0 spiro atoms. The molecule has 0 N–H and O–H groups in total. The van der Waals surface area contributed by atoms with Crippen molar-refractivity contribution in [1.29, 1.82) is 0 Å². The van der Waals surface area contributed by atoms with Crippen molar-refractivity contribution >= 4 is 10.9 Å². The van der Waals surface area contributed by atoms with E-state index >= 15 is 0 Å². The number of rotatable bonds is 4. The third-order valence-electron chi connectivity index (χ3n) is 5.05. The summed E-state index contributed by atoms with van der Waals surface area (Å²) >= 11 is 0. The normalized spacial score (nSPS) is 19.2. The van der Waals surface area contributed by atoms with Crippen LogP contribution in [0.3, 0.4) is 0 Å². The number of benzene rings is 1. The number of nitrogens with zero attached hydrogens (tertiary/aromatic N) is 3. The van der Waals surface area contributed by atoms with Crippen LogP contribution in [0.5, 0.6) is 0 Å². The molecule has 1 unspecified atom stereocenters. The molecule has 0 bridgehead atoms. The van der Waals surface area contributed by atoms with Crippen LogP contribution in [0.15, 0.2) is 55.0 Å². The summed E-state index contributed by atoms with van der Waals surface area (Å²) in [6, 6.07) is 13.2. The second kappa shape index (κ2) is 7.38. The highest BCUT2D eigenvalue weighted by atomic mass is 16.5. The van der Waals surface area contributed by atoms with Gasteiger partial charge in [-0.15, -0.1) is 0 Å². The number of pyridine rings is 1. The monoisotopic (exact) mass is 335 g/mol. The Kier molecular flexibility index (Phi) is 4.81. The molecule has 1 atom stereocenters. The molecule has 1 aliphatic rings. The molecular formula is C21H25N3O. The Balaban J connectivity index is 1.44. The SMILES string of the molecule is Cn1ccc2cc(CC3COCCN(Cc4ccncc4)C3)ccc21. The topological polar surface area (TPSA) is 30.3 Å². The fraction of sp³-hybridized carbons (Fsp3) is 0.381. The third kappa shape index (κ3) is 3.91. The highest BCUT2D eigenvalue weighted by Crippen LogP contribution is 2.21. The summed E-state index contributed by atoms with van der Waals surface area (Å²) in [4.78, 5) is 6.62. The fourth-order valence-corrected chi connectivity index (χ4v) is 3.76. The average molecular weight is 335 g/mol. The van der Waals surface area contributed by atoms with Crippen LogP contribution in [0.2, 0.25) is 0 Å². The van der Waals surface area contributed by atoms with Crippen molar-refractivity contribution in [3.05, 3.63) is 66.1 Å². The van der Waals surface area contributed by atoms with Gasteiger partial charge in [0.2, 0.25) is 0 Å². The van der Waals surface area contributed by atoms with E-state index in [1.165, 1.54) is 22.0 Å². The van der Waals surface area contributed by atoms with Gasteiger partial charge < -0.3 is 9.30 Å². The van der Waals surface area contributed by atoms with Crippen molar-refractivity contribution in [2.75, 3.05) is 26.3 Å². The van der Waals surface area contributed by atoms with Crippen molar-refractivity contribution in [3.63, 3.8) is 0 Å². The summed E-state index contributed by atoms with van der Waals surface area (Å²) in [6.45, 7) is 4.71. The Bertz CT molecular complexity index is 828. The largest absolute Gasteiger partial charge is 0.380 e. The van der Waals surface area contributed by atoms with Gasteiger partial charge in [-0.25, -0.2) is 0 Å². The molecule has 4 heteroatoms. The Morgan fingerprint density at radius 1 is 1.12 bits per heavy atom. The fourth-order valence-electron chi connectivity index (χ4n) is 3.76. The molecule has 1 saturated heterocycles. The van der Waals surface area contributed by atoms with Crippen LogP contribution in [0.25, 0.3) is 10.9 Å². The Labute approximate surface area is 149 Å². The van der Waals surface area contributed by atoms with E-state index in [2.05, 4.69) is 64.1 Å². The Morgan fingerprint density at radius 3 is 2.88 bits per heavy atom. The number of hydrogen-bond donors (Lipinski definition) is 0. The van der Waals surface area contributed by atoms with Crippen LogP contribution in [-0.4, -0.2) is 40.8 Å². The van der Waals surface area contributed by atoms with Gasteiger partial charge in [0, 0.05) is 50.8 Å². The summed E-state index contributed by atoms with van der Waals surface area (Å²) in [6.07, 6.45) is 6.93. The molecule has 1 fully saturated rings. The number of aromatic nitrogens is 2. The first kappa shape index (κ1) is 16.3. The zero-order valence-corrected chi connectivity index (χ0v) is 14.8. The summed E-state index contributed by atoms with van der Waals surface area (Å²) in [5.74, 6) is 0.533. The second-order valence-electron chi connectivity index (χ2n) is 7.06.